The molecule has 1 aromatic carbocycles. The summed E-state index contributed by atoms with van der Waals surface area (Å²) in [6, 6.07) is 5.72. The van der Waals surface area contributed by atoms with Crippen LogP contribution in [0, 0.1) is 11.8 Å². The van der Waals surface area contributed by atoms with Gasteiger partial charge in [-0.3, -0.25) is 4.79 Å². The summed E-state index contributed by atoms with van der Waals surface area (Å²) in [5.74, 6) is -1.33. The van der Waals surface area contributed by atoms with Crippen LogP contribution in [-0.4, -0.2) is 31.6 Å². The van der Waals surface area contributed by atoms with Gasteiger partial charge in [0.25, 0.3) is 0 Å². The summed E-state index contributed by atoms with van der Waals surface area (Å²) in [6.07, 6.45) is 3.31. The van der Waals surface area contributed by atoms with Gasteiger partial charge in [0.1, 0.15) is 0 Å². The van der Waals surface area contributed by atoms with Crippen molar-refractivity contribution in [3.8, 4) is 11.5 Å². The zero-order chi connectivity index (χ0) is 19.8. The van der Waals surface area contributed by atoms with E-state index in [1.54, 1.807) is 0 Å². The van der Waals surface area contributed by atoms with E-state index in [-0.39, 0.29) is 5.91 Å². The number of ether oxygens (including phenoxy) is 2. The standard InChI is InChI=1S/C21H29NO5/c1-4-26-18-9-7-15(13-19(18)27-5-2)10-11-22-20(23)17-12-14(3)6-8-16(17)21(24)25/h6-7,9,13,16-17H,4-5,8,10-12H2,1-3H3,(H,22,23)(H,24,25)/p-1/t16-,17+/m1/s1. The number of carboxylic acids is 1. The fourth-order valence-electron chi connectivity index (χ4n) is 3.31. The van der Waals surface area contributed by atoms with Gasteiger partial charge < -0.3 is 24.7 Å². The van der Waals surface area contributed by atoms with Crippen LogP contribution in [0.5, 0.6) is 11.5 Å². The molecule has 0 bridgehead atoms. The fourth-order valence-corrected chi connectivity index (χ4v) is 3.31. The third kappa shape index (κ3) is 5.74. The monoisotopic (exact) mass is 374 g/mol. The second kappa shape index (κ2) is 10.00. The van der Waals surface area contributed by atoms with Crippen molar-refractivity contribution in [3.05, 3.63) is 35.4 Å². The van der Waals surface area contributed by atoms with Crippen molar-refractivity contribution in [1.82, 2.24) is 5.32 Å². The number of amides is 1. The Labute approximate surface area is 160 Å². The Morgan fingerprint density at radius 3 is 2.52 bits per heavy atom. The maximum atomic E-state index is 12.5. The quantitative estimate of drug-likeness (QED) is 0.667. The minimum Gasteiger partial charge on any atom is -0.550 e. The Morgan fingerprint density at radius 2 is 1.85 bits per heavy atom. The highest BCUT2D eigenvalue weighted by Gasteiger charge is 2.31. The molecular formula is C21H28NO5-. The lowest BCUT2D eigenvalue weighted by Crippen LogP contribution is -2.44. The third-order valence-corrected chi connectivity index (χ3v) is 4.71. The molecule has 1 aliphatic carbocycles. The average molecular weight is 374 g/mol. The third-order valence-electron chi connectivity index (χ3n) is 4.71. The molecule has 0 aliphatic heterocycles. The van der Waals surface area contributed by atoms with Crippen LogP contribution in [0.25, 0.3) is 0 Å². The Morgan fingerprint density at radius 1 is 1.15 bits per heavy atom. The second-order valence-corrected chi connectivity index (χ2v) is 6.71. The van der Waals surface area contributed by atoms with E-state index in [0.717, 1.165) is 11.1 Å². The van der Waals surface area contributed by atoms with Crippen LogP contribution in [0.3, 0.4) is 0 Å². The first-order valence-electron chi connectivity index (χ1n) is 9.48. The Bertz CT molecular complexity index is 698. The van der Waals surface area contributed by atoms with E-state index in [9.17, 15) is 14.7 Å². The number of aliphatic carboxylic acids is 1. The highest BCUT2D eigenvalue weighted by molar-refractivity contribution is 5.84. The molecule has 0 saturated carbocycles. The van der Waals surface area contributed by atoms with Gasteiger partial charge in [0.05, 0.1) is 13.2 Å². The van der Waals surface area contributed by atoms with Gasteiger partial charge in [-0.25, -0.2) is 0 Å². The number of hydrogen-bond donors (Lipinski definition) is 1. The normalized spacial score (nSPS) is 19.1. The van der Waals surface area contributed by atoms with Crippen LogP contribution in [0.1, 0.15) is 39.2 Å². The summed E-state index contributed by atoms with van der Waals surface area (Å²) in [5.41, 5.74) is 2.05. The zero-order valence-electron chi connectivity index (χ0n) is 16.2. The largest absolute Gasteiger partial charge is 0.550 e. The number of benzene rings is 1. The number of rotatable bonds is 9. The van der Waals surface area contributed by atoms with Gasteiger partial charge in [0.2, 0.25) is 5.91 Å². The molecule has 0 saturated heterocycles. The van der Waals surface area contributed by atoms with Gasteiger partial charge in [0, 0.05) is 24.3 Å². The summed E-state index contributed by atoms with van der Waals surface area (Å²) >= 11 is 0. The maximum Gasteiger partial charge on any atom is 0.224 e. The molecule has 1 N–H and O–H groups in total. The van der Waals surface area contributed by atoms with Crippen LogP contribution in [-0.2, 0) is 16.0 Å². The maximum absolute atomic E-state index is 12.5. The Balaban J connectivity index is 1.95. The molecule has 1 aliphatic rings. The number of hydrogen-bond acceptors (Lipinski definition) is 5. The Hall–Kier alpha value is -2.50. The number of carboxylic acid groups (broad SMARTS) is 1. The lowest BCUT2D eigenvalue weighted by Gasteiger charge is -2.30. The van der Waals surface area contributed by atoms with Gasteiger partial charge >= 0.3 is 0 Å². The molecule has 0 spiro atoms. The van der Waals surface area contributed by atoms with Gasteiger partial charge in [0.15, 0.2) is 11.5 Å². The SMILES string of the molecule is CCOc1ccc(CCNC(=O)[C@H]2CC(C)=CC[C@H]2C(=O)[O-])cc1OCC. The van der Waals surface area contributed by atoms with Crippen LogP contribution in [0.4, 0.5) is 0 Å². The Kier molecular flexibility index (Phi) is 7.70. The van der Waals surface area contributed by atoms with Crippen molar-refractivity contribution in [2.75, 3.05) is 19.8 Å². The molecular weight excluding hydrogens is 346 g/mol. The zero-order valence-corrected chi connectivity index (χ0v) is 16.2. The molecule has 0 unspecified atom stereocenters. The number of nitrogens with one attached hydrogen (secondary N) is 1. The predicted octanol–water partition coefficient (Wildman–Crippen LogP) is 1.87. The molecule has 27 heavy (non-hydrogen) atoms. The van der Waals surface area contributed by atoms with E-state index in [1.807, 2.05) is 45.0 Å². The van der Waals surface area contributed by atoms with Gasteiger partial charge in [-0.1, -0.05) is 17.7 Å². The summed E-state index contributed by atoms with van der Waals surface area (Å²) in [4.78, 5) is 23.8. The minimum absolute atomic E-state index is 0.229. The molecule has 6 heteroatoms. The van der Waals surface area contributed by atoms with E-state index in [1.165, 1.54) is 0 Å². The average Bonchev–Trinajstić information content (AvgIpc) is 2.63. The summed E-state index contributed by atoms with van der Waals surface area (Å²) in [7, 11) is 0. The van der Waals surface area contributed by atoms with Crippen molar-refractivity contribution in [2.45, 2.75) is 40.0 Å². The summed E-state index contributed by atoms with van der Waals surface area (Å²) < 4.78 is 11.2. The highest BCUT2D eigenvalue weighted by atomic mass is 16.5. The molecule has 0 heterocycles. The number of carbonyl (C=O) groups is 2. The minimum atomic E-state index is -1.16. The van der Waals surface area contributed by atoms with E-state index < -0.39 is 17.8 Å². The molecule has 0 fully saturated rings. The van der Waals surface area contributed by atoms with Crippen molar-refractivity contribution in [2.24, 2.45) is 11.8 Å². The van der Waals surface area contributed by atoms with Crippen LogP contribution in [0.15, 0.2) is 29.8 Å². The smallest absolute Gasteiger partial charge is 0.224 e. The molecule has 2 rings (SSSR count). The van der Waals surface area contributed by atoms with Gasteiger partial charge in [-0.05, 0) is 57.7 Å². The lowest BCUT2D eigenvalue weighted by atomic mass is 9.79. The van der Waals surface area contributed by atoms with Crippen molar-refractivity contribution in [3.63, 3.8) is 0 Å². The summed E-state index contributed by atoms with van der Waals surface area (Å²) in [5, 5.41) is 14.2. The molecule has 148 valence electrons. The summed E-state index contributed by atoms with van der Waals surface area (Å²) in [6.45, 7) is 7.28. The van der Waals surface area contributed by atoms with E-state index >= 15 is 0 Å². The highest BCUT2D eigenvalue weighted by Crippen LogP contribution is 2.30. The van der Waals surface area contributed by atoms with Gasteiger partial charge in [-0.15, -0.1) is 0 Å². The van der Waals surface area contributed by atoms with Crippen LogP contribution in [0.2, 0.25) is 0 Å². The molecule has 1 aromatic rings. The topological polar surface area (TPSA) is 87.7 Å². The van der Waals surface area contributed by atoms with E-state index in [4.69, 9.17) is 9.47 Å². The second-order valence-electron chi connectivity index (χ2n) is 6.71. The van der Waals surface area contributed by atoms with Crippen molar-refractivity contribution in [1.29, 1.82) is 0 Å². The van der Waals surface area contributed by atoms with Crippen molar-refractivity contribution < 1.29 is 24.2 Å². The van der Waals surface area contributed by atoms with Crippen LogP contribution >= 0.6 is 0 Å². The van der Waals surface area contributed by atoms with Crippen molar-refractivity contribution >= 4 is 11.9 Å². The van der Waals surface area contributed by atoms with E-state index in [2.05, 4.69) is 5.32 Å². The molecule has 2 atom stereocenters. The lowest BCUT2D eigenvalue weighted by molar-refractivity contribution is -0.313. The number of carbonyl (C=O) groups excluding carboxylic acids is 2. The molecule has 1 amide bonds. The first-order chi connectivity index (χ1) is 13.0. The fraction of sp³-hybridized carbons (Fsp3) is 0.524. The first-order valence-corrected chi connectivity index (χ1v) is 9.48. The van der Waals surface area contributed by atoms with E-state index in [0.29, 0.717) is 50.5 Å². The first kappa shape index (κ1) is 20.8. The van der Waals surface area contributed by atoms with Gasteiger partial charge in [-0.2, -0.15) is 0 Å². The predicted molar refractivity (Wildman–Crippen MR) is 100 cm³/mol. The molecule has 0 radical (unpaired) electrons. The molecule has 0 aromatic heterocycles. The molecule has 6 nitrogen and oxygen atoms in total. The van der Waals surface area contributed by atoms with Crippen LogP contribution < -0.4 is 19.9 Å². The number of allylic oxidation sites excluding steroid dienone is 2.